The lowest BCUT2D eigenvalue weighted by Gasteiger charge is -2.21. The third-order valence-electron chi connectivity index (χ3n) is 5.87. The molecular formula is C23H27N3O4. The van der Waals surface area contributed by atoms with Gasteiger partial charge in [0.05, 0.1) is 19.9 Å². The van der Waals surface area contributed by atoms with Gasteiger partial charge in [-0.2, -0.15) is 0 Å². The summed E-state index contributed by atoms with van der Waals surface area (Å²) in [6.07, 6.45) is 5.08. The Morgan fingerprint density at radius 2 is 1.80 bits per heavy atom. The Morgan fingerprint density at radius 3 is 2.53 bits per heavy atom. The summed E-state index contributed by atoms with van der Waals surface area (Å²) in [5.74, 6) is 1.50. The predicted octanol–water partition coefficient (Wildman–Crippen LogP) is 4.43. The van der Waals surface area contributed by atoms with E-state index in [0.29, 0.717) is 29.4 Å². The molecule has 2 aromatic rings. The van der Waals surface area contributed by atoms with Crippen LogP contribution in [0.2, 0.25) is 0 Å². The summed E-state index contributed by atoms with van der Waals surface area (Å²) in [6.45, 7) is 0.712. The van der Waals surface area contributed by atoms with E-state index >= 15 is 0 Å². The number of carbonyl (C=O) groups is 2. The van der Waals surface area contributed by atoms with Crippen LogP contribution in [0, 0.1) is 5.92 Å². The van der Waals surface area contributed by atoms with Gasteiger partial charge >= 0.3 is 6.03 Å². The van der Waals surface area contributed by atoms with Gasteiger partial charge in [-0.25, -0.2) is 4.79 Å². The Labute approximate surface area is 176 Å². The van der Waals surface area contributed by atoms with Gasteiger partial charge in [-0.05, 0) is 49.1 Å². The van der Waals surface area contributed by atoms with Crippen LogP contribution in [0.4, 0.5) is 21.9 Å². The fraction of sp³-hybridized carbons (Fsp3) is 0.391. The Morgan fingerprint density at radius 1 is 1.00 bits per heavy atom. The van der Waals surface area contributed by atoms with Gasteiger partial charge in [-0.3, -0.25) is 4.79 Å². The summed E-state index contributed by atoms with van der Waals surface area (Å²) >= 11 is 0. The van der Waals surface area contributed by atoms with E-state index in [0.717, 1.165) is 43.4 Å². The van der Waals surface area contributed by atoms with Gasteiger partial charge in [0, 0.05) is 29.9 Å². The van der Waals surface area contributed by atoms with E-state index in [2.05, 4.69) is 10.6 Å². The van der Waals surface area contributed by atoms with E-state index in [4.69, 9.17) is 9.47 Å². The Bertz CT molecular complexity index is 953. The highest BCUT2D eigenvalue weighted by molar-refractivity contribution is 6.02. The molecule has 3 amide bonds. The largest absolute Gasteiger partial charge is 0.497 e. The number of carbonyl (C=O) groups excluding carboxylic acids is 2. The van der Waals surface area contributed by atoms with Crippen LogP contribution in [0.1, 0.15) is 31.2 Å². The number of nitrogens with zero attached hydrogens (tertiary/aromatic N) is 1. The molecule has 0 spiro atoms. The molecule has 0 aromatic heterocycles. The zero-order valence-corrected chi connectivity index (χ0v) is 17.4. The molecule has 0 saturated heterocycles. The smallest absolute Gasteiger partial charge is 0.323 e. The lowest BCUT2D eigenvalue weighted by atomic mass is 10.1. The van der Waals surface area contributed by atoms with E-state index in [-0.39, 0.29) is 17.9 Å². The molecule has 1 heterocycles. The molecule has 7 nitrogen and oxygen atoms in total. The van der Waals surface area contributed by atoms with Gasteiger partial charge < -0.3 is 25.0 Å². The van der Waals surface area contributed by atoms with E-state index in [1.54, 1.807) is 25.3 Å². The molecule has 158 valence electrons. The first-order chi connectivity index (χ1) is 14.6. The number of rotatable bonds is 5. The zero-order chi connectivity index (χ0) is 21.1. The highest BCUT2D eigenvalue weighted by Crippen LogP contribution is 2.35. The topological polar surface area (TPSA) is 79.9 Å². The first kappa shape index (κ1) is 20.1. The molecule has 2 aliphatic rings. The van der Waals surface area contributed by atoms with Gasteiger partial charge in [0.25, 0.3) is 0 Å². The summed E-state index contributed by atoms with van der Waals surface area (Å²) in [4.78, 5) is 27.3. The molecule has 1 aliphatic heterocycles. The number of amides is 3. The van der Waals surface area contributed by atoms with Gasteiger partial charge in [0.15, 0.2) is 0 Å². The highest BCUT2D eigenvalue weighted by Gasteiger charge is 2.32. The molecular weight excluding hydrogens is 382 g/mol. The monoisotopic (exact) mass is 409 g/mol. The number of ether oxygens (including phenoxy) is 2. The van der Waals surface area contributed by atoms with Crippen molar-refractivity contribution in [2.24, 2.45) is 5.92 Å². The van der Waals surface area contributed by atoms with Crippen LogP contribution in [0.15, 0.2) is 36.4 Å². The predicted molar refractivity (Wildman–Crippen MR) is 117 cm³/mol. The van der Waals surface area contributed by atoms with Crippen molar-refractivity contribution >= 4 is 29.0 Å². The summed E-state index contributed by atoms with van der Waals surface area (Å²) in [5, 5.41) is 5.65. The summed E-state index contributed by atoms with van der Waals surface area (Å²) in [7, 11) is 3.11. The van der Waals surface area contributed by atoms with Crippen molar-refractivity contribution in [2.45, 2.75) is 32.1 Å². The number of anilines is 3. The van der Waals surface area contributed by atoms with Crippen LogP contribution in [-0.4, -0.2) is 32.7 Å². The minimum atomic E-state index is -0.384. The van der Waals surface area contributed by atoms with E-state index in [9.17, 15) is 9.59 Å². The van der Waals surface area contributed by atoms with E-state index in [1.807, 2.05) is 23.1 Å². The molecule has 0 atom stereocenters. The van der Waals surface area contributed by atoms with E-state index in [1.165, 1.54) is 7.11 Å². The molecule has 1 aliphatic carbocycles. The summed E-state index contributed by atoms with van der Waals surface area (Å²) in [6, 6.07) is 10.5. The van der Waals surface area contributed by atoms with Gasteiger partial charge in [-0.1, -0.05) is 18.9 Å². The second kappa shape index (κ2) is 8.65. The van der Waals surface area contributed by atoms with Crippen molar-refractivity contribution < 1.29 is 19.1 Å². The SMILES string of the molecule is COc1ccc(NC(=O)Nc2ccc3c(c2)N(C(=O)C2CCCC2)CC3)c(OC)c1. The summed E-state index contributed by atoms with van der Waals surface area (Å²) in [5.41, 5.74) is 3.23. The average molecular weight is 409 g/mol. The number of urea groups is 1. The fourth-order valence-electron chi connectivity index (χ4n) is 4.27. The number of nitrogens with one attached hydrogen (secondary N) is 2. The molecule has 1 fully saturated rings. The molecule has 2 N–H and O–H groups in total. The van der Waals surface area contributed by atoms with Crippen LogP contribution < -0.4 is 25.0 Å². The van der Waals surface area contributed by atoms with Crippen molar-refractivity contribution in [3.8, 4) is 11.5 Å². The summed E-state index contributed by atoms with van der Waals surface area (Å²) < 4.78 is 10.5. The molecule has 7 heteroatoms. The maximum absolute atomic E-state index is 12.9. The normalized spacial score (nSPS) is 15.6. The van der Waals surface area contributed by atoms with Crippen molar-refractivity contribution in [3.05, 3.63) is 42.0 Å². The second-order valence-corrected chi connectivity index (χ2v) is 7.71. The number of hydrogen-bond acceptors (Lipinski definition) is 4. The van der Waals surface area contributed by atoms with Gasteiger partial charge in [-0.15, -0.1) is 0 Å². The number of fused-ring (bicyclic) bond motifs is 1. The van der Waals surface area contributed by atoms with Crippen LogP contribution in [0.25, 0.3) is 0 Å². The van der Waals surface area contributed by atoms with Crippen LogP contribution in [-0.2, 0) is 11.2 Å². The molecule has 1 saturated carbocycles. The Hall–Kier alpha value is -3.22. The minimum Gasteiger partial charge on any atom is -0.497 e. The van der Waals surface area contributed by atoms with Crippen LogP contribution >= 0.6 is 0 Å². The molecule has 30 heavy (non-hydrogen) atoms. The highest BCUT2D eigenvalue weighted by atomic mass is 16.5. The molecule has 2 aromatic carbocycles. The Balaban J connectivity index is 1.46. The minimum absolute atomic E-state index is 0.137. The second-order valence-electron chi connectivity index (χ2n) is 7.71. The molecule has 0 bridgehead atoms. The van der Waals surface area contributed by atoms with Crippen molar-refractivity contribution in [3.63, 3.8) is 0 Å². The molecule has 4 rings (SSSR count). The van der Waals surface area contributed by atoms with Gasteiger partial charge in [0.1, 0.15) is 11.5 Å². The first-order valence-corrected chi connectivity index (χ1v) is 10.3. The van der Waals surface area contributed by atoms with Crippen molar-refractivity contribution in [2.75, 3.05) is 36.3 Å². The van der Waals surface area contributed by atoms with Crippen LogP contribution in [0.3, 0.4) is 0 Å². The van der Waals surface area contributed by atoms with Crippen molar-refractivity contribution in [1.82, 2.24) is 0 Å². The molecule has 0 unspecified atom stereocenters. The third-order valence-corrected chi connectivity index (χ3v) is 5.87. The lowest BCUT2D eigenvalue weighted by molar-refractivity contribution is -0.122. The van der Waals surface area contributed by atoms with Gasteiger partial charge in [0.2, 0.25) is 5.91 Å². The Kier molecular flexibility index (Phi) is 5.79. The van der Waals surface area contributed by atoms with Crippen molar-refractivity contribution in [1.29, 1.82) is 0 Å². The fourth-order valence-corrected chi connectivity index (χ4v) is 4.27. The maximum Gasteiger partial charge on any atom is 0.323 e. The zero-order valence-electron chi connectivity index (χ0n) is 17.4. The quantitative estimate of drug-likeness (QED) is 0.766. The lowest BCUT2D eigenvalue weighted by Crippen LogP contribution is -2.33. The number of methoxy groups -OCH3 is 2. The number of hydrogen-bond donors (Lipinski definition) is 2. The third kappa shape index (κ3) is 4.06. The standard InChI is InChI=1S/C23H27N3O4/c1-29-18-9-10-19(21(14-18)30-2)25-23(28)24-17-8-7-15-11-12-26(20(15)13-17)22(27)16-5-3-4-6-16/h7-10,13-14,16H,3-6,11-12H2,1-2H3,(H2,24,25,28). The first-order valence-electron chi connectivity index (χ1n) is 10.3. The number of benzene rings is 2. The van der Waals surface area contributed by atoms with E-state index < -0.39 is 0 Å². The maximum atomic E-state index is 12.9. The average Bonchev–Trinajstić information content (AvgIpc) is 3.43. The molecule has 0 radical (unpaired) electrons. The van der Waals surface area contributed by atoms with Crippen LogP contribution in [0.5, 0.6) is 11.5 Å².